The molecular formula is C21H19NO4S. The Hall–Kier alpha value is -3.12. The lowest BCUT2D eigenvalue weighted by atomic mass is 10.2. The van der Waals surface area contributed by atoms with Crippen molar-refractivity contribution in [3.63, 3.8) is 0 Å². The van der Waals surface area contributed by atoms with Gasteiger partial charge < -0.3 is 4.74 Å². The van der Waals surface area contributed by atoms with Crippen molar-refractivity contribution in [2.24, 2.45) is 0 Å². The smallest absolute Gasteiger partial charge is 0.262 e. The van der Waals surface area contributed by atoms with Crippen molar-refractivity contribution in [3.8, 4) is 11.5 Å². The summed E-state index contributed by atoms with van der Waals surface area (Å²) in [6.07, 6.45) is 0. The first-order valence-electron chi connectivity index (χ1n) is 8.32. The van der Waals surface area contributed by atoms with Gasteiger partial charge in [0.25, 0.3) is 10.0 Å². The molecule has 0 fully saturated rings. The Balaban J connectivity index is 1.87. The molecule has 3 aromatic carbocycles. The lowest BCUT2D eigenvalue weighted by molar-refractivity contribution is 0.101. The molecule has 3 aromatic rings. The van der Waals surface area contributed by atoms with Crippen molar-refractivity contribution in [2.75, 3.05) is 4.72 Å². The second kappa shape index (κ2) is 7.63. The highest BCUT2D eigenvalue weighted by molar-refractivity contribution is 7.92. The third kappa shape index (κ3) is 4.54. The van der Waals surface area contributed by atoms with Crippen LogP contribution in [-0.4, -0.2) is 14.2 Å². The van der Waals surface area contributed by atoms with Crippen LogP contribution in [0.4, 0.5) is 5.69 Å². The summed E-state index contributed by atoms with van der Waals surface area (Å²) in [7, 11) is -3.82. The molecule has 6 heteroatoms. The number of ketones is 1. The number of carbonyl (C=O) groups excluding carboxylic acids is 1. The number of aryl methyl sites for hydroxylation is 1. The van der Waals surface area contributed by atoms with Gasteiger partial charge >= 0.3 is 0 Å². The van der Waals surface area contributed by atoms with E-state index in [9.17, 15) is 13.2 Å². The van der Waals surface area contributed by atoms with E-state index in [-0.39, 0.29) is 10.7 Å². The van der Waals surface area contributed by atoms with Crippen LogP contribution in [0, 0.1) is 6.92 Å². The third-order valence-corrected chi connectivity index (χ3v) is 5.30. The van der Waals surface area contributed by atoms with E-state index in [1.165, 1.54) is 31.2 Å². The monoisotopic (exact) mass is 381 g/mol. The molecule has 0 heterocycles. The zero-order valence-electron chi connectivity index (χ0n) is 15.0. The number of hydrogen-bond acceptors (Lipinski definition) is 4. The van der Waals surface area contributed by atoms with Gasteiger partial charge in [-0.1, -0.05) is 36.4 Å². The average Bonchev–Trinajstić information content (AvgIpc) is 2.63. The Morgan fingerprint density at radius 3 is 2.30 bits per heavy atom. The number of anilines is 1. The van der Waals surface area contributed by atoms with Gasteiger partial charge in [-0.3, -0.25) is 9.52 Å². The van der Waals surface area contributed by atoms with Crippen molar-refractivity contribution < 1.29 is 17.9 Å². The summed E-state index contributed by atoms with van der Waals surface area (Å²) in [6, 6.07) is 20.1. The van der Waals surface area contributed by atoms with Crippen LogP contribution < -0.4 is 9.46 Å². The molecule has 0 aliphatic carbocycles. The molecule has 3 rings (SSSR count). The first-order valence-corrected chi connectivity index (χ1v) is 9.81. The molecule has 0 amide bonds. The summed E-state index contributed by atoms with van der Waals surface area (Å²) in [5.41, 5.74) is 1.82. The molecule has 0 radical (unpaired) electrons. The fourth-order valence-electron chi connectivity index (χ4n) is 2.52. The number of rotatable bonds is 6. The Kier molecular flexibility index (Phi) is 5.28. The highest BCUT2D eigenvalue weighted by Gasteiger charge is 2.17. The zero-order valence-corrected chi connectivity index (χ0v) is 15.8. The summed E-state index contributed by atoms with van der Waals surface area (Å²) < 4.78 is 33.8. The molecule has 5 nitrogen and oxygen atoms in total. The molecule has 0 atom stereocenters. The second-order valence-corrected chi connectivity index (χ2v) is 7.78. The number of hydrogen-bond donors (Lipinski definition) is 1. The molecular weight excluding hydrogens is 362 g/mol. The van der Waals surface area contributed by atoms with Gasteiger partial charge in [0.15, 0.2) is 11.5 Å². The van der Waals surface area contributed by atoms with E-state index < -0.39 is 10.0 Å². The summed E-state index contributed by atoms with van der Waals surface area (Å²) in [5.74, 6) is 0.892. The number of nitrogens with one attached hydrogen (secondary N) is 1. The second-order valence-electron chi connectivity index (χ2n) is 6.10. The normalized spacial score (nSPS) is 11.0. The Labute approximate surface area is 158 Å². The summed E-state index contributed by atoms with van der Waals surface area (Å²) >= 11 is 0. The maximum atomic E-state index is 12.7. The molecule has 0 unspecified atom stereocenters. The van der Waals surface area contributed by atoms with Gasteiger partial charge in [0.2, 0.25) is 0 Å². The van der Waals surface area contributed by atoms with E-state index in [0.717, 1.165) is 5.56 Å². The van der Waals surface area contributed by atoms with Gasteiger partial charge in [0.05, 0.1) is 10.6 Å². The fraction of sp³-hybridized carbons (Fsp3) is 0.0952. The SMILES string of the molecule is CC(=O)c1ccc(S(=O)(=O)Nc2ccccc2Oc2cccc(C)c2)cc1. The number of ether oxygens (including phenoxy) is 1. The molecule has 138 valence electrons. The molecule has 0 aromatic heterocycles. The number of Topliss-reactive ketones (excluding diaryl/α,β-unsaturated/α-hetero) is 1. The van der Waals surface area contributed by atoms with Crippen LogP contribution in [-0.2, 0) is 10.0 Å². The van der Waals surface area contributed by atoms with Crippen LogP contribution in [0.15, 0.2) is 77.7 Å². The van der Waals surface area contributed by atoms with Crippen molar-refractivity contribution in [1.82, 2.24) is 0 Å². The van der Waals surface area contributed by atoms with Crippen LogP contribution in [0.1, 0.15) is 22.8 Å². The van der Waals surface area contributed by atoms with Crippen molar-refractivity contribution in [2.45, 2.75) is 18.7 Å². The van der Waals surface area contributed by atoms with Crippen molar-refractivity contribution >= 4 is 21.5 Å². The van der Waals surface area contributed by atoms with Crippen molar-refractivity contribution in [1.29, 1.82) is 0 Å². The quantitative estimate of drug-likeness (QED) is 0.623. The van der Waals surface area contributed by atoms with E-state index >= 15 is 0 Å². The first-order chi connectivity index (χ1) is 12.8. The molecule has 0 bridgehead atoms. The minimum Gasteiger partial charge on any atom is -0.455 e. The standard InChI is InChI=1S/C21H19NO4S/c1-15-6-5-7-18(14-15)26-21-9-4-3-8-20(21)22-27(24,25)19-12-10-17(11-13-19)16(2)23/h3-14,22H,1-2H3. The van der Waals surface area contributed by atoms with E-state index in [4.69, 9.17) is 4.74 Å². The van der Waals surface area contributed by atoms with Gasteiger partial charge in [-0.15, -0.1) is 0 Å². The number of para-hydroxylation sites is 2. The van der Waals surface area contributed by atoms with Gasteiger partial charge in [0, 0.05) is 5.56 Å². The fourth-order valence-corrected chi connectivity index (χ4v) is 3.59. The molecule has 1 N–H and O–H groups in total. The third-order valence-electron chi connectivity index (χ3n) is 3.92. The Bertz CT molecular complexity index is 1070. The van der Waals surface area contributed by atoms with E-state index in [0.29, 0.717) is 22.7 Å². The molecule has 0 aliphatic rings. The molecule has 0 saturated carbocycles. The van der Waals surface area contributed by atoms with Crippen molar-refractivity contribution in [3.05, 3.63) is 83.9 Å². The number of carbonyl (C=O) groups is 1. The number of benzene rings is 3. The summed E-state index contributed by atoms with van der Waals surface area (Å²) in [4.78, 5) is 11.4. The van der Waals surface area contributed by atoms with Crippen LogP contribution in [0.25, 0.3) is 0 Å². The van der Waals surface area contributed by atoms with Crippen LogP contribution in [0.5, 0.6) is 11.5 Å². The molecule has 0 spiro atoms. The van der Waals surface area contributed by atoms with Gasteiger partial charge in [-0.2, -0.15) is 0 Å². The summed E-state index contributed by atoms with van der Waals surface area (Å²) in [6.45, 7) is 3.38. The predicted molar refractivity (Wildman–Crippen MR) is 105 cm³/mol. The maximum Gasteiger partial charge on any atom is 0.262 e. The lowest BCUT2D eigenvalue weighted by Gasteiger charge is -2.14. The van der Waals surface area contributed by atoms with Crippen LogP contribution >= 0.6 is 0 Å². The molecule has 0 saturated heterocycles. The number of sulfonamides is 1. The largest absolute Gasteiger partial charge is 0.455 e. The first kappa shape index (κ1) is 18.7. The highest BCUT2D eigenvalue weighted by atomic mass is 32.2. The highest BCUT2D eigenvalue weighted by Crippen LogP contribution is 2.31. The van der Waals surface area contributed by atoms with Crippen LogP contribution in [0.3, 0.4) is 0 Å². The van der Waals surface area contributed by atoms with E-state index in [1.54, 1.807) is 30.3 Å². The Morgan fingerprint density at radius 2 is 1.63 bits per heavy atom. The van der Waals surface area contributed by atoms with E-state index in [1.807, 2.05) is 25.1 Å². The lowest BCUT2D eigenvalue weighted by Crippen LogP contribution is -2.13. The zero-order chi connectivity index (χ0) is 19.4. The average molecular weight is 381 g/mol. The van der Waals surface area contributed by atoms with Crippen LogP contribution in [0.2, 0.25) is 0 Å². The predicted octanol–water partition coefficient (Wildman–Crippen LogP) is 4.79. The van der Waals surface area contributed by atoms with Gasteiger partial charge in [-0.05, 0) is 55.8 Å². The Morgan fingerprint density at radius 1 is 0.926 bits per heavy atom. The molecule has 0 aliphatic heterocycles. The van der Waals surface area contributed by atoms with E-state index in [2.05, 4.69) is 4.72 Å². The van der Waals surface area contributed by atoms with Gasteiger partial charge in [-0.25, -0.2) is 8.42 Å². The minimum absolute atomic E-state index is 0.0675. The van der Waals surface area contributed by atoms with Gasteiger partial charge in [0.1, 0.15) is 5.75 Å². The summed E-state index contributed by atoms with van der Waals surface area (Å²) in [5, 5.41) is 0. The molecule has 27 heavy (non-hydrogen) atoms. The topological polar surface area (TPSA) is 72.5 Å². The maximum absolute atomic E-state index is 12.7. The minimum atomic E-state index is -3.82.